The zero-order chi connectivity index (χ0) is 17.3. The summed E-state index contributed by atoms with van der Waals surface area (Å²) in [5.74, 6) is 0. The highest BCUT2D eigenvalue weighted by atomic mass is 32.2. The van der Waals surface area contributed by atoms with Crippen LogP contribution in [0.1, 0.15) is 32.1 Å². The molecule has 0 atom stereocenters. The van der Waals surface area contributed by atoms with Gasteiger partial charge in [-0.05, 0) is 41.5 Å². The van der Waals surface area contributed by atoms with Gasteiger partial charge in [0.05, 0.1) is 6.61 Å². The molecule has 1 aliphatic carbocycles. The molecule has 0 N–H and O–H groups in total. The number of fused-ring (bicyclic) bond motifs is 1. The molecule has 25 heavy (non-hydrogen) atoms. The van der Waals surface area contributed by atoms with Crippen LogP contribution in [0.3, 0.4) is 0 Å². The third kappa shape index (κ3) is 3.25. The number of amidine groups is 1. The molecule has 1 saturated heterocycles. The Balaban J connectivity index is 1.68. The predicted molar refractivity (Wildman–Crippen MR) is 103 cm³/mol. The number of hydrogen-bond donors (Lipinski definition) is 0. The highest BCUT2D eigenvalue weighted by Crippen LogP contribution is 2.40. The van der Waals surface area contributed by atoms with Crippen LogP contribution < -0.4 is 0 Å². The van der Waals surface area contributed by atoms with Crippen LogP contribution in [0.4, 0.5) is 5.69 Å². The Bertz CT molecular complexity index is 814. The summed E-state index contributed by atoms with van der Waals surface area (Å²) in [5.41, 5.74) is 2.19. The zero-order valence-corrected chi connectivity index (χ0v) is 15.7. The lowest BCUT2D eigenvalue weighted by Crippen LogP contribution is -2.52. The normalized spacial score (nSPS) is 21.6. The minimum atomic E-state index is 0.193. The average Bonchev–Trinajstić information content (AvgIpc) is 3.13. The van der Waals surface area contributed by atoms with E-state index in [-0.39, 0.29) is 5.41 Å². The molecule has 2 aromatic rings. The molecule has 0 unspecified atom stereocenters. The Morgan fingerprint density at radius 1 is 1.28 bits per heavy atom. The number of aliphatic imine (C=N–C) groups is 1. The van der Waals surface area contributed by atoms with Gasteiger partial charge < -0.3 is 4.74 Å². The number of thioether (sulfide) groups is 1. The summed E-state index contributed by atoms with van der Waals surface area (Å²) in [6.45, 7) is 1.57. The minimum Gasteiger partial charge on any atom is -0.464 e. The summed E-state index contributed by atoms with van der Waals surface area (Å²) in [5, 5.41) is 7.82. The second kappa shape index (κ2) is 6.92. The van der Waals surface area contributed by atoms with Crippen LogP contribution in [0.25, 0.3) is 11.0 Å². The molecule has 1 spiro atoms. The highest BCUT2D eigenvalue weighted by Gasteiger charge is 2.41. The monoisotopic (exact) mass is 376 g/mol. The van der Waals surface area contributed by atoms with E-state index in [1.807, 2.05) is 29.4 Å². The molecule has 8 heteroatoms. The van der Waals surface area contributed by atoms with Crippen molar-refractivity contribution in [3.8, 4) is 0 Å². The first-order chi connectivity index (χ1) is 12.2. The van der Waals surface area contributed by atoms with Gasteiger partial charge in [0.1, 0.15) is 15.5 Å². The van der Waals surface area contributed by atoms with Crippen LogP contribution in [0.2, 0.25) is 0 Å². The molecule has 1 aromatic heterocycles. The first-order valence-electron chi connectivity index (χ1n) is 8.49. The molecule has 6 nitrogen and oxygen atoms in total. The van der Waals surface area contributed by atoms with E-state index in [1.54, 1.807) is 11.8 Å². The summed E-state index contributed by atoms with van der Waals surface area (Å²) in [6.07, 6.45) is 8.22. The van der Waals surface area contributed by atoms with Crippen molar-refractivity contribution in [2.45, 2.75) is 32.1 Å². The Kier molecular flexibility index (Phi) is 4.64. The number of thiocarbonyl (C=S) groups is 1. The highest BCUT2D eigenvalue weighted by molar-refractivity contribution is 8.22. The topological polar surface area (TPSA) is 63.8 Å². The summed E-state index contributed by atoms with van der Waals surface area (Å²) in [6, 6.07) is 6.16. The number of benzene rings is 1. The number of hydrogen-bond acceptors (Lipinski definition) is 7. The molecule has 2 aliphatic rings. The molecular weight excluding hydrogens is 356 g/mol. The fourth-order valence-corrected chi connectivity index (χ4v) is 4.18. The summed E-state index contributed by atoms with van der Waals surface area (Å²) >= 11 is 7.13. The summed E-state index contributed by atoms with van der Waals surface area (Å²) in [4.78, 5) is 6.75. The van der Waals surface area contributed by atoms with Crippen molar-refractivity contribution in [2.24, 2.45) is 10.4 Å². The van der Waals surface area contributed by atoms with E-state index in [1.165, 1.54) is 32.1 Å². The first kappa shape index (κ1) is 16.8. The van der Waals surface area contributed by atoms with Crippen LogP contribution in [0, 0.1) is 5.41 Å². The van der Waals surface area contributed by atoms with Crippen molar-refractivity contribution in [3.63, 3.8) is 0 Å². The van der Waals surface area contributed by atoms with Crippen LogP contribution in [0.15, 0.2) is 27.8 Å². The fourth-order valence-electron chi connectivity index (χ4n) is 3.68. The fraction of sp³-hybridized carbons (Fsp3) is 0.529. The second-order valence-electron chi connectivity index (χ2n) is 6.71. The van der Waals surface area contributed by atoms with Gasteiger partial charge in [0.2, 0.25) is 0 Å². The summed E-state index contributed by atoms with van der Waals surface area (Å²) in [7, 11) is 0. The maximum Gasteiger partial charge on any atom is 0.298 e. The predicted octanol–water partition coefficient (Wildman–Crippen LogP) is 4.14. The van der Waals surface area contributed by atoms with Gasteiger partial charge in [0.15, 0.2) is 5.52 Å². The molecule has 1 aromatic carbocycles. The van der Waals surface area contributed by atoms with Crippen LogP contribution >= 0.6 is 24.0 Å². The quantitative estimate of drug-likeness (QED) is 0.693. The molecule has 4 rings (SSSR count). The van der Waals surface area contributed by atoms with Gasteiger partial charge in [-0.2, -0.15) is 4.99 Å². The lowest BCUT2D eigenvalue weighted by molar-refractivity contribution is 0.0347. The third-order valence-corrected chi connectivity index (χ3v) is 6.31. The molecule has 1 saturated carbocycles. The smallest absolute Gasteiger partial charge is 0.298 e. The van der Waals surface area contributed by atoms with Gasteiger partial charge in [-0.1, -0.05) is 49.3 Å². The zero-order valence-electron chi connectivity index (χ0n) is 14.1. The van der Waals surface area contributed by atoms with Crippen LogP contribution in [0.5, 0.6) is 0 Å². The van der Waals surface area contributed by atoms with E-state index in [9.17, 15) is 0 Å². The van der Waals surface area contributed by atoms with Gasteiger partial charge >= 0.3 is 0 Å². The van der Waals surface area contributed by atoms with E-state index in [0.717, 1.165) is 10.9 Å². The van der Waals surface area contributed by atoms with Crippen molar-refractivity contribution in [1.82, 2.24) is 15.2 Å². The number of ether oxygens (including phenoxy) is 1. The first-order valence-corrected chi connectivity index (χ1v) is 10.1. The molecule has 0 bridgehead atoms. The standard InChI is InChI=1S/C17H20N4O2S2/c1-25-16(24)21-10-17(8-3-2-4-9-17)11-22-15(21)18-12-6-5-7-13-14(12)20-23-19-13/h5-7H,2-4,8-11H2,1H3. The van der Waals surface area contributed by atoms with Gasteiger partial charge in [0.25, 0.3) is 6.02 Å². The molecular formula is C17H20N4O2S2. The Hall–Kier alpha value is -1.67. The molecule has 132 valence electrons. The number of rotatable bonds is 1. The van der Waals surface area contributed by atoms with Gasteiger partial charge in [0, 0.05) is 12.0 Å². The molecule has 1 aliphatic heterocycles. The molecule has 2 heterocycles. The van der Waals surface area contributed by atoms with E-state index in [0.29, 0.717) is 29.3 Å². The number of nitrogens with zero attached hydrogens (tertiary/aromatic N) is 4. The van der Waals surface area contributed by atoms with E-state index in [2.05, 4.69) is 10.3 Å². The maximum atomic E-state index is 6.13. The van der Waals surface area contributed by atoms with E-state index >= 15 is 0 Å². The lowest BCUT2D eigenvalue weighted by atomic mass is 9.74. The molecule has 2 fully saturated rings. The maximum absolute atomic E-state index is 6.13. The van der Waals surface area contributed by atoms with Crippen LogP contribution in [-0.2, 0) is 4.74 Å². The van der Waals surface area contributed by atoms with E-state index < -0.39 is 0 Å². The Morgan fingerprint density at radius 2 is 2.12 bits per heavy atom. The summed E-state index contributed by atoms with van der Waals surface area (Å²) < 4.78 is 11.7. The van der Waals surface area contributed by atoms with Crippen molar-refractivity contribution in [1.29, 1.82) is 0 Å². The molecule has 0 amide bonds. The minimum absolute atomic E-state index is 0.193. The number of aromatic nitrogens is 2. The SMILES string of the molecule is CSC(=S)N1CC2(CCCCC2)COC1=Nc1cccc2nonc12. The Labute approximate surface area is 156 Å². The van der Waals surface area contributed by atoms with Crippen molar-refractivity contribution < 1.29 is 9.37 Å². The lowest BCUT2D eigenvalue weighted by Gasteiger charge is -2.45. The van der Waals surface area contributed by atoms with E-state index in [4.69, 9.17) is 26.6 Å². The average molecular weight is 377 g/mol. The van der Waals surface area contributed by atoms with Gasteiger partial charge in [-0.15, -0.1) is 0 Å². The van der Waals surface area contributed by atoms with Crippen molar-refractivity contribution in [3.05, 3.63) is 18.2 Å². The third-order valence-electron chi connectivity index (χ3n) is 5.02. The van der Waals surface area contributed by atoms with Crippen molar-refractivity contribution in [2.75, 3.05) is 19.4 Å². The van der Waals surface area contributed by atoms with Crippen LogP contribution in [-0.4, -0.2) is 45.0 Å². The second-order valence-corrected chi connectivity index (χ2v) is 8.15. The Morgan fingerprint density at radius 3 is 2.92 bits per heavy atom. The van der Waals surface area contributed by atoms with Gasteiger partial charge in [-0.25, -0.2) is 4.63 Å². The molecule has 0 radical (unpaired) electrons. The van der Waals surface area contributed by atoms with Gasteiger partial charge in [-0.3, -0.25) is 4.90 Å². The van der Waals surface area contributed by atoms with Crippen molar-refractivity contribution >= 4 is 51.0 Å². The largest absolute Gasteiger partial charge is 0.464 e.